The van der Waals surface area contributed by atoms with Gasteiger partial charge in [0, 0.05) is 17.0 Å². The summed E-state index contributed by atoms with van der Waals surface area (Å²) < 4.78 is 26.5. The van der Waals surface area contributed by atoms with E-state index in [0.29, 0.717) is 11.3 Å². The number of aromatic nitrogens is 2. The number of hydrogen-bond acceptors (Lipinski definition) is 8. The third kappa shape index (κ3) is 6.90. The van der Waals surface area contributed by atoms with Gasteiger partial charge in [0.2, 0.25) is 10.0 Å². The minimum Gasteiger partial charge on any atom is -0.293 e. The first-order valence-electron chi connectivity index (χ1n) is 8.03. The van der Waals surface area contributed by atoms with Gasteiger partial charge in [0.15, 0.2) is 14.5 Å². The Hall–Kier alpha value is -1.10. The van der Waals surface area contributed by atoms with Crippen molar-refractivity contribution in [3.63, 3.8) is 0 Å². The predicted molar refractivity (Wildman–Crippen MR) is 110 cm³/mol. The van der Waals surface area contributed by atoms with Crippen LogP contribution in [0.3, 0.4) is 0 Å². The first kappa shape index (κ1) is 21.2. The van der Waals surface area contributed by atoms with Crippen molar-refractivity contribution < 1.29 is 13.2 Å². The van der Waals surface area contributed by atoms with Crippen molar-refractivity contribution in [2.45, 2.75) is 40.6 Å². The molecule has 1 heterocycles. The molecule has 1 atom stereocenters. The van der Waals surface area contributed by atoms with Gasteiger partial charge in [0.1, 0.15) is 0 Å². The molecule has 1 aromatic heterocycles. The Morgan fingerprint density at radius 2 is 1.88 bits per heavy atom. The third-order valence-corrected chi connectivity index (χ3v) is 7.16. The van der Waals surface area contributed by atoms with Gasteiger partial charge < -0.3 is 0 Å². The van der Waals surface area contributed by atoms with Crippen molar-refractivity contribution in [2.24, 2.45) is 0 Å². The smallest absolute Gasteiger partial charge is 0.229 e. The minimum atomic E-state index is -3.33. The lowest BCUT2D eigenvalue weighted by molar-refractivity contribution is 0.0994. The zero-order valence-corrected chi connectivity index (χ0v) is 18.0. The standard InChI is InChI=1S/C16H21N3O3S4/c1-4-5-10-23-15-17-18-16(25-15)24-11(2)14(20)12-6-8-13(9-7-12)19-26(3,21)22/h6-9,11,19H,4-5,10H2,1-3H3. The van der Waals surface area contributed by atoms with Crippen LogP contribution in [0.25, 0.3) is 0 Å². The molecule has 1 aromatic carbocycles. The normalized spacial score (nSPS) is 12.7. The van der Waals surface area contributed by atoms with E-state index in [0.717, 1.165) is 33.5 Å². The second kappa shape index (κ2) is 9.72. The predicted octanol–water partition coefficient (Wildman–Crippen LogP) is 4.17. The van der Waals surface area contributed by atoms with Gasteiger partial charge in [0.25, 0.3) is 0 Å². The fourth-order valence-electron chi connectivity index (χ4n) is 1.96. The molecule has 6 nitrogen and oxygen atoms in total. The Labute approximate surface area is 166 Å². The van der Waals surface area contributed by atoms with E-state index in [1.165, 1.54) is 23.1 Å². The lowest BCUT2D eigenvalue weighted by Crippen LogP contribution is -2.14. The molecule has 142 valence electrons. The monoisotopic (exact) mass is 431 g/mol. The molecule has 0 fully saturated rings. The van der Waals surface area contributed by atoms with Crippen LogP contribution in [0.4, 0.5) is 5.69 Å². The first-order chi connectivity index (χ1) is 12.3. The number of nitrogens with zero attached hydrogens (tertiary/aromatic N) is 2. The molecule has 0 saturated heterocycles. The van der Waals surface area contributed by atoms with Gasteiger partial charge in [-0.1, -0.05) is 48.2 Å². The van der Waals surface area contributed by atoms with E-state index >= 15 is 0 Å². The topological polar surface area (TPSA) is 89.0 Å². The molecular formula is C16H21N3O3S4. The Balaban J connectivity index is 1.94. The summed E-state index contributed by atoms with van der Waals surface area (Å²) in [4.78, 5) is 12.6. The third-order valence-electron chi connectivity index (χ3n) is 3.23. The fraction of sp³-hybridized carbons (Fsp3) is 0.438. The van der Waals surface area contributed by atoms with Crippen LogP contribution in [0.5, 0.6) is 0 Å². The van der Waals surface area contributed by atoms with Crippen LogP contribution in [0, 0.1) is 0 Å². The number of carbonyl (C=O) groups excluding carboxylic acids is 1. The molecule has 0 spiro atoms. The summed E-state index contributed by atoms with van der Waals surface area (Å²) in [5, 5.41) is 8.00. The largest absolute Gasteiger partial charge is 0.293 e. The average Bonchev–Trinajstić information content (AvgIpc) is 3.01. The van der Waals surface area contributed by atoms with Crippen LogP contribution in [0.1, 0.15) is 37.0 Å². The Morgan fingerprint density at radius 3 is 2.50 bits per heavy atom. The van der Waals surface area contributed by atoms with Crippen LogP contribution in [0.15, 0.2) is 32.9 Å². The minimum absolute atomic E-state index is 0.0312. The van der Waals surface area contributed by atoms with Crippen molar-refractivity contribution in [1.29, 1.82) is 0 Å². The van der Waals surface area contributed by atoms with E-state index in [1.54, 1.807) is 36.0 Å². The van der Waals surface area contributed by atoms with Crippen molar-refractivity contribution in [3.05, 3.63) is 29.8 Å². The summed E-state index contributed by atoms with van der Waals surface area (Å²) >= 11 is 4.59. The number of unbranched alkanes of at least 4 members (excludes halogenated alkanes) is 1. The van der Waals surface area contributed by atoms with Crippen molar-refractivity contribution in [1.82, 2.24) is 10.2 Å². The number of sulfonamides is 1. The molecule has 0 saturated carbocycles. The van der Waals surface area contributed by atoms with Crippen molar-refractivity contribution >= 4 is 56.4 Å². The van der Waals surface area contributed by atoms with Crippen molar-refractivity contribution in [2.75, 3.05) is 16.7 Å². The summed E-state index contributed by atoms with van der Waals surface area (Å²) in [7, 11) is -3.33. The fourth-order valence-corrected chi connectivity index (χ4v) is 5.92. The van der Waals surface area contributed by atoms with E-state index in [2.05, 4.69) is 21.8 Å². The Kier molecular flexibility index (Phi) is 7.93. The number of nitrogens with one attached hydrogen (secondary N) is 1. The number of benzene rings is 1. The Morgan fingerprint density at radius 1 is 1.23 bits per heavy atom. The highest BCUT2D eigenvalue weighted by atomic mass is 32.2. The molecule has 26 heavy (non-hydrogen) atoms. The Bertz CT molecular complexity index is 835. The van der Waals surface area contributed by atoms with Gasteiger partial charge in [0.05, 0.1) is 11.5 Å². The van der Waals surface area contributed by atoms with Crippen LogP contribution >= 0.6 is 34.9 Å². The summed E-state index contributed by atoms with van der Waals surface area (Å²) in [5.41, 5.74) is 0.966. The van der Waals surface area contributed by atoms with Crippen LogP contribution in [-0.2, 0) is 10.0 Å². The van der Waals surface area contributed by atoms with Crippen LogP contribution in [-0.4, -0.2) is 41.7 Å². The molecule has 0 amide bonds. The summed E-state index contributed by atoms with van der Waals surface area (Å²) in [6.45, 7) is 3.99. The van der Waals surface area contributed by atoms with E-state index in [-0.39, 0.29) is 11.0 Å². The first-order valence-corrected chi connectivity index (χ1v) is 12.6. The van der Waals surface area contributed by atoms with Gasteiger partial charge in [-0.25, -0.2) is 8.42 Å². The zero-order chi connectivity index (χ0) is 19.2. The number of anilines is 1. The van der Waals surface area contributed by atoms with Gasteiger partial charge in [-0.2, -0.15) is 0 Å². The maximum atomic E-state index is 12.6. The maximum absolute atomic E-state index is 12.6. The summed E-state index contributed by atoms with van der Waals surface area (Å²) in [6, 6.07) is 6.41. The number of Topliss-reactive ketones (excluding diaryl/α,β-unsaturated/α-hetero) is 1. The highest BCUT2D eigenvalue weighted by molar-refractivity contribution is 8.04. The van der Waals surface area contributed by atoms with E-state index in [9.17, 15) is 13.2 Å². The highest BCUT2D eigenvalue weighted by Gasteiger charge is 2.19. The molecule has 2 aromatic rings. The van der Waals surface area contributed by atoms with Gasteiger partial charge in [-0.3, -0.25) is 9.52 Å². The van der Waals surface area contributed by atoms with Gasteiger partial charge in [-0.15, -0.1) is 10.2 Å². The zero-order valence-electron chi connectivity index (χ0n) is 14.8. The molecule has 0 bridgehead atoms. The molecule has 10 heteroatoms. The quantitative estimate of drug-likeness (QED) is 0.343. The number of ketones is 1. The summed E-state index contributed by atoms with van der Waals surface area (Å²) in [6.07, 6.45) is 3.38. The number of hydrogen-bond donors (Lipinski definition) is 1. The van der Waals surface area contributed by atoms with Crippen molar-refractivity contribution in [3.8, 4) is 0 Å². The van der Waals surface area contributed by atoms with E-state index in [1.807, 2.05) is 6.92 Å². The van der Waals surface area contributed by atoms with Crippen LogP contribution in [0.2, 0.25) is 0 Å². The maximum Gasteiger partial charge on any atom is 0.229 e. The second-order valence-corrected chi connectivity index (χ2v) is 11.3. The van der Waals surface area contributed by atoms with E-state index in [4.69, 9.17) is 0 Å². The molecule has 0 aliphatic heterocycles. The van der Waals surface area contributed by atoms with Gasteiger partial charge >= 0.3 is 0 Å². The van der Waals surface area contributed by atoms with Crippen LogP contribution < -0.4 is 4.72 Å². The number of carbonyl (C=O) groups is 1. The SMILES string of the molecule is CCCCSc1nnc(SC(C)C(=O)c2ccc(NS(C)(=O)=O)cc2)s1. The highest BCUT2D eigenvalue weighted by Crippen LogP contribution is 2.32. The molecule has 2 rings (SSSR count). The lowest BCUT2D eigenvalue weighted by atomic mass is 10.1. The molecule has 0 radical (unpaired) electrons. The second-order valence-electron chi connectivity index (χ2n) is 5.61. The lowest BCUT2D eigenvalue weighted by Gasteiger charge is -2.09. The molecule has 1 N–H and O–H groups in total. The molecular weight excluding hydrogens is 410 g/mol. The average molecular weight is 432 g/mol. The molecule has 0 aliphatic carbocycles. The molecule has 1 unspecified atom stereocenters. The number of thioether (sulfide) groups is 2. The number of rotatable bonds is 10. The van der Waals surface area contributed by atoms with Gasteiger partial charge in [-0.05, 0) is 37.6 Å². The summed E-state index contributed by atoms with van der Waals surface area (Å²) in [5.74, 6) is 0.995. The van der Waals surface area contributed by atoms with E-state index < -0.39 is 10.0 Å². The molecule has 0 aliphatic rings.